The van der Waals surface area contributed by atoms with Crippen LogP contribution in [0, 0.1) is 11.6 Å². The second kappa shape index (κ2) is 9.61. The van der Waals surface area contributed by atoms with Crippen LogP contribution in [0.2, 0.25) is 0 Å². The molecule has 1 aromatic heterocycles. The predicted octanol–water partition coefficient (Wildman–Crippen LogP) is 3.69. The van der Waals surface area contributed by atoms with Crippen LogP contribution < -0.4 is 11.1 Å². The van der Waals surface area contributed by atoms with Crippen molar-refractivity contribution in [3.63, 3.8) is 0 Å². The van der Waals surface area contributed by atoms with E-state index in [4.69, 9.17) is 0 Å². The lowest BCUT2D eigenvalue weighted by Crippen LogP contribution is -2.44. The van der Waals surface area contributed by atoms with Crippen molar-refractivity contribution < 1.29 is 13.6 Å². The maximum absolute atomic E-state index is 14.6. The van der Waals surface area contributed by atoms with Gasteiger partial charge in [0.2, 0.25) is 0 Å². The first-order valence-corrected chi connectivity index (χ1v) is 11.3. The molecule has 0 aliphatic carbocycles. The van der Waals surface area contributed by atoms with Crippen molar-refractivity contribution in [3.05, 3.63) is 128 Å². The number of carbonyl (C=O) groups is 1. The van der Waals surface area contributed by atoms with Crippen LogP contribution in [0.4, 0.5) is 8.78 Å². The van der Waals surface area contributed by atoms with Gasteiger partial charge in [0.05, 0.1) is 11.4 Å². The lowest BCUT2D eigenvalue weighted by molar-refractivity contribution is 0.0978. The third kappa shape index (κ3) is 4.31. The van der Waals surface area contributed by atoms with Gasteiger partial charge in [0.1, 0.15) is 18.2 Å². The van der Waals surface area contributed by atoms with Gasteiger partial charge in [0, 0.05) is 29.7 Å². The Balaban J connectivity index is 1.48. The molecular formula is C27H20F2N4O3. The van der Waals surface area contributed by atoms with Crippen LogP contribution in [0.3, 0.4) is 0 Å². The zero-order valence-corrected chi connectivity index (χ0v) is 19.0. The number of para-hydroxylation sites is 1. The van der Waals surface area contributed by atoms with E-state index < -0.39 is 22.8 Å². The first-order chi connectivity index (χ1) is 17.4. The molecule has 0 spiro atoms. The average molecular weight is 486 g/mol. The van der Waals surface area contributed by atoms with Crippen molar-refractivity contribution in [3.8, 4) is 5.69 Å². The van der Waals surface area contributed by atoms with Crippen LogP contribution in [0.1, 0.15) is 40.2 Å². The topological polar surface area (TPSA) is 86.3 Å². The first-order valence-electron chi connectivity index (χ1n) is 11.3. The van der Waals surface area contributed by atoms with E-state index in [0.717, 1.165) is 4.68 Å². The predicted molar refractivity (Wildman–Crippen MR) is 130 cm³/mol. The molecule has 1 aliphatic heterocycles. The Labute approximate surface area is 204 Å². The van der Waals surface area contributed by atoms with Gasteiger partial charge in [-0.05, 0) is 48.9 Å². The molecule has 9 heteroatoms. The van der Waals surface area contributed by atoms with Crippen molar-refractivity contribution in [2.75, 3.05) is 0 Å². The Bertz CT molecular complexity index is 1620. The van der Waals surface area contributed by atoms with Crippen molar-refractivity contribution in [1.82, 2.24) is 14.3 Å². The summed E-state index contributed by atoms with van der Waals surface area (Å²) >= 11 is 0. The van der Waals surface area contributed by atoms with Gasteiger partial charge >= 0.3 is 11.1 Å². The fourth-order valence-electron chi connectivity index (χ4n) is 4.21. The second-order valence-electron chi connectivity index (χ2n) is 8.28. The van der Waals surface area contributed by atoms with Crippen LogP contribution in [0.15, 0.2) is 87.4 Å². The fraction of sp³-hybridized carbons (Fsp3) is 0.148. The minimum absolute atomic E-state index is 0.0420. The lowest BCUT2D eigenvalue weighted by atomic mass is 10.00. The molecule has 0 N–H and O–H groups in total. The number of benzene rings is 3. The van der Waals surface area contributed by atoms with E-state index in [1.54, 1.807) is 42.5 Å². The van der Waals surface area contributed by atoms with Gasteiger partial charge in [0.25, 0.3) is 0 Å². The van der Waals surface area contributed by atoms with Gasteiger partial charge in [-0.1, -0.05) is 30.3 Å². The number of rotatable bonds is 6. The van der Waals surface area contributed by atoms with E-state index in [1.807, 2.05) is 0 Å². The van der Waals surface area contributed by atoms with Gasteiger partial charge in [0.15, 0.2) is 11.6 Å². The molecule has 0 saturated heterocycles. The smallest absolute Gasteiger partial charge is 0.294 e. The summed E-state index contributed by atoms with van der Waals surface area (Å²) in [6.45, 7) is -0.0112. The molecule has 2 heterocycles. The van der Waals surface area contributed by atoms with E-state index in [-0.39, 0.29) is 43.1 Å². The van der Waals surface area contributed by atoms with E-state index in [9.17, 15) is 23.2 Å². The highest BCUT2D eigenvalue weighted by molar-refractivity contribution is 6.15. The molecular weight excluding hydrogens is 466 g/mol. The van der Waals surface area contributed by atoms with Crippen LogP contribution >= 0.6 is 0 Å². The number of ketones is 1. The van der Waals surface area contributed by atoms with E-state index >= 15 is 0 Å². The molecule has 0 amide bonds. The second-order valence-corrected chi connectivity index (χ2v) is 8.28. The summed E-state index contributed by atoms with van der Waals surface area (Å²) in [4.78, 5) is 43.0. The Hall–Kier alpha value is -4.53. The quantitative estimate of drug-likeness (QED) is 0.307. The number of halogens is 2. The molecule has 180 valence electrons. The normalized spacial score (nSPS) is 12.3. The molecule has 0 fully saturated rings. The molecule has 0 radical (unpaired) electrons. The number of fused-ring (bicyclic) bond motifs is 3. The Morgan fingerprint density at radius 2 is 1.56 bits per heavy atom. The summed E-state index contributed by atoms with van der Waals surface area (Å²) in [5.74, 6) is -0.872. The van der Waals surface area contributed by atoms with E-state index in [0.29, 0.717) is 22.5 Å². The highest BCUT2D eigenvalue weighted by atomic mass is 19.1. The maximum Gasteiger partial charge on any atom is 0.332 e. The minimum Gasteiger partial charge on any atom is -0.294 e. The van der Waals surface area contributed by atoms with Crippen LogP contribution in [-0.4, -0.2) is 25.8 Å². The van der Waals surface area contributed by atoms with Crippen LogP contribution in [-0.2, 0) is 13.1 Å². The van der Waals surface area contributed by atoms with Crippen molar-refractivity contribution in [2.45, 2.75) is 25.9 Å². The fourth-order valence-corrected chi connectivity index (χ4v) is 4.21. The molecule has 7 nitrogen and oxygen atoms in total. The summed E-state index contributed by atoms with van der Waals surface area (Å²) in [6, 6.07) is 18.3. The molecule has 1 aliphatic rings. The van der Waals surface area contributed by atoms with Gasteiger partial charge < -0.3 is 0 Å². The number of aromatic nitrogens is 3. The lowest BCUT2D eigenvalue weighted by Gasteiger charge is -2.14. The standard InChI is InChI=1S/C27H20F2N4O3/c28-18-13-11-17(12-14-18)23(34)10-5-15-32-26(35)27(36)33-22-9-4-2-7-20(22)25(30-16-24(33)31-32)19-6-1-3-8-21(19)29/h1-4,6-9,11-14H,5,10,15-16H2. The molecule has 0 saturated carbocycles. The Kier molecular flexibility index (Phi) is 6.20. The molecule has 5 rings (SSSR count). The molecule has 3 aromatic carbocycles. The highest BCUT2D eigenvalue weighted by Crippen LogP contribution is 2.24. The molecule has 0 unspecified atom stereocenters. The summed E-state index contributed by atoms with van der Waals surface area (Å²) < 4.78 is 30.0. The number of nitrogens with zero attached hydrogens (tertiary/aromatic N) is 4. The number of hydrogen-bond acceptors (Lipinski definition) is 5. The molecule has 4 aromatic rings. The molecule has 0 atom stereocenters. The molecule has 36 heavy (non-hydrogen) atoms. The summed E-state index contributed by atoms with van der Waals surface area (Å²) in [6.07, 6.45) is 0.350. The van der Waals surface area contributed by atoms with Gasteiger partial charge in [-0.15, -0.1) is 0 Å². The Morgan fingerprint density at radius 1 is 0.861 bits per heavy atom. The van der Waals surface area contributed by atoms with Crippen molar-refractivity contribution in [1.29, 1.82) is 0 Å². The number of aryl methyl sites for hydroxylation is 1. The zero-order valence-electron chi connectivity index (χ0n) is 19.0. The summed E-state index contributed by atoms with van der Waals surface area (Å²) in [5.41, 5.74) is 0.259. The van der Waals surface area contributed by atoms with E-state index in [1.165, 1.54) is 34.9 Å². The SMILES string of the molecule is O=C(CCCn1nc2n(c(=O)c1=O)-c1ccccc1C(c1ccccc1F)=NC2)c1ccc(F)cc1. The maximum atomic E-state index is 14.6. The van der Waals surface area contributed by atoms with Crippen LogP contribution in [0.5, 0.6) is 0 Å². The van der Waals surface area contributed by atoms with E-state index in [2.05, 4.69) is 10.1 Å². The Morgan fingerprint density at radius 3 is 2.31 bits per heavy atom. The van der Waals surface area contributed by atoms with Crippen molar-refractivity contribution >= 4 is 11.5 Å². The van der Waals surface area contributed by atoms with Gasteiger partial charge in [-0.3, -0.25) is 23.9 Å². The number of aliphatic imine (C=N–C) groups is 1. The minimum atomic E-state index is -0.836. The number of hydrogen-bond donors (Lipinski definition) is 0. The monoisotopic (exact) mass is 486 g/mol. The van der Waals surface area contributed by atoms with Gasteiger partial charge in [-0.2, -0.15) is 5.10 Å². The number of carbonyl (C=O) groups excluding carboxylic acids is 1. The van der Waals surface area contributed by atoms with Crippen LogP contribution in [0.25, 0.3) is 5.69 Å². The summed E-state index contributed by atoms with van der Waals surface area (Å²) in [5, 5.41) is 4.37. The largest absolute Gasteiger partial charge is 0.332 e. The zero-order chi connectivity index (χ0) is 25.2. The van der Waals surface area contributed by atoms with Gasteiger partial charge in [-0.25, -0.2) is 13.5 Å². The summed E-state index contributed by atoms with van der Waals surface area (Å²) in [7, 11) is 0. The number of Topliss-reactive ketones (excluding diaryl/α,β-unsaturated/α-hetero) is 1. The highest BCUT2D eigenvalue weighted by Gasteiger charge is 2.24. The molecule has 0 bridgehead atoms. The third-order valence-electron chi connectivity index (χ3n) is 5.96. The van der Waals surface area contributed by atoms with Crippen molar-refractivity contribution in [2.24, 2.45) is 4.99 Å². The first kappa shape index (κ1) is 23.2. The third-order valence-corrected chi connectivity index (χ3v) is 5.96. The average Bonchev–Trinajstić information content (AvgIpc) is 3.04.